The lowest BCUT2D eigenvalue weighted by Gasteiger charge is -2.05. The molecule has 3 N–H and O–H groups in total. The summed E-state index contributed by atoms with van der Waals surface area (Å²) in [6, 6.07) is 5.41. The minimum atomic E-state index is 0.560. The molecule has 1 aromatic heterocycles. The molecule has 3 nitrogen and oxygen atoms in total. The molecule has 2 rings (SSSR count). The molecule has 0 bridgehead atoms. The minimum Gasteiger partial charge on any atom is -0.396 e. The van der Waals surface area contributed by atoms with Crippen LogP contribution in [-0.4, -0.2) is 10.2 Å². The Kier molecular flexibility index (Phi) is 2.84. The van der Waals surface area contributed by atoms with Crippen LogP contribution in [0.15, 0.2) is 24.4 Å². The standard InChI is InChI=1S/C10H9Cl2N3/c11-7-2-1-3-8(12)6(7)4-10-9(13)5-14-15-10/h1-3,5H,4,13H2,(H,14,15). The molecule has 0 aliphatic carbocycles. The van der Waals surface area contributed by atoms with Crippen molar-refractivity contribution in [3.05, 3.63) is 45.7 Å². The fourth-order valence-electron chi connectivity index (χ4n) is 1.34. The molecule has 1 heterocycles. The van der Waals surface area contributed by atoms with Crippen molar-refractivity contribution in [3.63, 3.8) is 0 Å². The number of halogens is 2. The van der Waals surface area contributed by atoms with Crippen molar-refractivity contribution >= 4 is 28.9 Å². The second kappa shape index (κ2) is 4.13. The molecule has 0 amide bonds. The molecule has 0 spiro atoms. The topological polar surface area (TPSA) is 54.7 Å². The second-order valence-electron chi connectivity index (χ2n) is 3.18. The highest BCUT2D eigenvalue weighted by molar-refractivity contribution is 6.36. The summed E-state index contributed by atoms with van der Waals surface area (Å²) < 4.78 is 0. The van der Waals surface area contributed by atoms with E-state index in [1.165, 1.54) is 0 Å². The summed E-state index contributed by atoms with van der Waals surface area (Å²) in [5, 5.41) is 7.93. The third-order valence-electron chi connectivity index (χ3n) is 2.17. The normalized spacial score (nSPS) is 10.5. The number of nitrogens with two attached hydrogens (primary N) is 1. The Hall–Kier alpha value is -1.19. The molecule has 0 fully saturated rings. The van der Waals surface area contributed by atoms with Crippen molar-refractivity contribution in [2.45, 2.75) is 6.42 Å². The highest BCUT2D eigenvalue weighted by atomic mass is 35.5. The molecule has 0 unspecified atom stereocenters. The molecule has 0 saturated heterocycles. The maximum atomic E-state index is 6.04. The van der Waals surface area contributed by atoms with Gasteiger partial charge in [0.25, 0.3) is 0 Å². The number of hydrogen-bond donors (Lipinski definition) is 2. The summed E-state index contributed by atoms with van der Waals surface area (Å²) in [6.45, 7) is 0. The second-order valence-corrected chi connectivity index (χ2v) is 4.00. The van der Waals surface area contributed by atoms with Gasteiger partial charge in [-0.2, -0.15) is 5.10 Å². The van der Waals surface area contributed by atoms with Gasteiger partial charge in [0.1, 0.15) is 0 Å². The monoisotopic (exact) mass is 241 g/mol. The Labute approximate surface area is 97.2 Å². The summed E-state index contributed by atoms with van der Waals surface area (Å²) in [6.07, 6.45) is 2.13. The Morgan fingerprint density at radius 3 is 2.47 bits per heavy atom. The Bertz CT molecular complexity index is 459. The van der Waals surface area contributed by atoms with Gasteiger partial charge < -0.3 is 5.73 Å². The van der Waals surface area contributed by atoms with Crippen molar-refractivity contribution in [1.29, 1.82) is 0 Å². The van der Waals surface area contributed by atoms with Crippen LogP contribution in [0.5, 0.6) is 0 Å². The van der Waals surface area contributed by atoms with E-state index in [1.54, 1.807) is 18.3 Å². The molecule has 1 aromatic carbocycles. The van der Waals surface area contributed by atoms with Gasteiger partial charge in [0.15, 0.2) is 0 Å². The van der Waals surface area contributed by atoms with Gasteiger partial charge >= 0.3 is 0 Å². The number of nitrogens with one attached hydrogen (secondary N) is 1. The Morgan fingerprint density at radius 1 is 1.27 bits per heavy atom. The molecule has 2 aromatic rings. The van der Waals surface area contributed by atoms with Gasteiger partial charge in [-0.25, -0.2) is 0 Å². The SMILES string of the molecule is Nc1cn[nH]c1Cc1c(Cl)cccc1Cl. The number of aromatic amines is 1. The summed E-state index contributed by atoms with van der Waals surface area (Å²) in [7, 11) is 0. The lowest BCUT2D eigenvalue weighted by Crippen LogP contribution is -1.95. The molecule has 0 atom stereocenters. The van der Waals surface area contributed by atoms with Gasteiger partial charge in [-0.1, -0.05) is 29.3 Å². The maximum absolute atomic E-state index is 6.04. The van der Waals surface area contributed by atoms with Gasteiger partial charge in [-0.05, 0) is 17.7 Å². The first-order valence-electron chi connectivity index (χ1n) is 4.39. The van der Waals surface area contributed by atoms with Crippen LogP contribution in [0.25, 0.3) is 0 Å². The van der Waals surface area contributed by atoms with Gasteiger partial charge in [0.2, 0.25) is 0 Å². The fourth-order valence-corrected chi connectivity index (χ4v) is 1.87. The van der Waals surface area contributed by atoms with Crippen molar-refractivity contribution in [1.82, 2.24) is 10.2 Å². The largest absolute Gasteiger partial charge is 0.396 e. The lowest BCUT2D eigenvalue weighted by molar-refractivity contribution is 0.997. The first-order chi connectivity index (χ1) is 7.18. The van der Waals surface area contributed by atoms with Crippen LogP contribution in [-0.2, 0) is 6.42 Å². The van der Waals surface area contributed by atoms with E-state index in [2.05, 4.69) is 10.2 Å². The minimum absolute atomic E-state index is 0.560. The fraction of sp³-hybridized carbons (Fsp3) is 0.100. The van der Waals surface area contributed by atoms with E-state index in [0.29, 0.717) is 22.2 Å². The molecule has 0 aliphatic heterocycles. The highest BCUT2D eigenvalue weighted by Gasteiger charge is 2.09. The molecular weight excluding hydrogens is 233 g/mol. The number of benzene rings is 1. The molecule has 5 heteroatoms. The smallest absolute Gasteiger partial charge is 0.0733 e. The summed E-state index contributed by atoms with van der Waals surface area (Å²) in [5.41, 5.74) is 8.01. The first-order valence-corrected chi connectivity index (χ1v) is 5.14. The van der Waals surface area contributed by atoms with E-state index in [0.717, 1.165) is 11.3 Å². The average molecular weight is 242 g/mol. The van der Waals surface area contributed by atoms with Crippen molar-refractivity contribution in [3.8, 4) is 0 Å². The zero-order chi connectivity index (χ0) is 10.8. The molecule has 0 radical (unpaired) electrons. The molecule has 15 heavy (non-hydrogen) atoms. The third-order valence-corrected chi connectivity index (χ3v) is 2.88. The van der Waals surface area contributed by atoms with Crippen molar-refractivity contribution in [2.75, 3.05) is 5.73 Å². The molecular formula is C10H9Cl2N3. The van der Waals surface area contributed by atoms with E-state index in [4.69, 9.17) is 28.9 Å². The average Bonchev–Trinajstić information content (AvgIpc) is 2.58. The van der Waals surface area contributed by atoms with Crippen LogP contribution in [0.1, 0.15) is 11.3 Å². The number of aromatic nitrogens is 2. The number of hydrogen-bond acceptors (Lipinski definition) is 2. The van der Waals surface area contributed by atoms with Crippen LogP contribution >= 0.6 is 23.2 Å². The van der Waals surface area contributed by atoms with Crippen LogP contribution in [0, 0.1) is 0 Å². The predicted molar refractivity (Wildman–Crippen MR) is 62.3 cm³/mol. The molecule has 0 saturated carbocycles. The number of nitrogen functional groups attached to an aromatic ring is 1. The predicted octanol–water partition coefficient (Wildman–Crippen LogP) is 2.89. The van der Waals surface area contributed by atoms with Crippen molar-refractivity contribution < 1.29 is 0 Å². The van der Waals surface area contributed by atoms with Gasteiger partial charge in [-0.15, -0.1) is 0 Å². The van der Waals surface area contributed by atoms with Crippen LogP contribution in [0.4, 0.5) is 5.69 Å². The quantitative estimate of drug-likeness (QED) is 0.850. The van der Waals surface area contributed by atoms with Crippen molar-refractivity contribution in [2.24, 2.45) is 0 Å². The Morgan fingerprint density at radius 2 is 1.93 bits per heavy atom. The molecule has 78 valence electrons. The number of H-pyrrole nitrogens is 1. The van der Waals surface area contributed by atoms with Gasteiger partial charge in [-0.3, -0.25) is 5.10 Å². The highest BCUT2D eigenvalue weighted by Crippen LogP contribution is 2.27. The lowest BCUT2D eigenvalue weighted by atomic mass is 10.1. The van der Waals surface area contributed by atoms with Crippen LogP contribution < -0.4 is 5.73 Å². The number of anilines is 1. The zero-order valence-electron chi connectivity index (χ0n) is 7.80. The van der Waals surface area contributed by atoms with Crippen LogP contribution in [0.3, 0.4) is 0 Å². The van der Waals surface area contributed by atoms with Crippen LogP contribution in [0.2, 0.25) is 10.0 Å². The summed E-state index contributed by atoms with van der Waals surface area (Å²) >= 11 is 12.1. The summed E-state index contributed by atoms with van der Waals surface area (Å²) in [5.74, 6) is 0. The van der Waals surface area contributed by atoms with E-state index in [-0.39, 0.29) is 0 Å². The van der Waals surface area contributed by atoms with E-state index in [1.807, 2.05) is 6.07 Å². The summed E-state index contributed by atoms with van der Waals surface area (Å²) in [4.78, 5) is 0. The molecule has 0 aliphatic rings. The number of nitrogens with zero attached hydrogens (tertiary/aromatic N) is 1. The van der Waals surface area contributed by atoms with E-state index < -0.39 is 0 Å². The first kappa shape index (κ1) is 10.3. The van der Waals surface area contributed by atoms with Gasteiger partial charge in [0.05, 0.1) is 17.6 Å². The Balaban J connectivity index is 2.36. The van der Waals surface area contributed by atoms with E-state index in [9.17, 15) is 0 Å². The number of rotatable bonds is 2. The zero-order valence-corrected chi connectivity index (χ0v) is 9.31. The maximum Gasteiger partial charge on any atom is 0.0733 e. The van der Waals surface area contributed by atoms with E-state index >= 15 is 0 Å². The van der Waals surface area contributed by atoms with Gasteiger partial charge in [0, 0.05) is 16.5 Å². The third kappa shape index (κ3) is 2.08.